The van der Waals surface area contributed by atoms with E-state index in [0.717, 1.165) is 11.3 Å². The summed E-state index contributed by atoms with van der Waals surface area (Å²) in [6, 6.07) is 8.92. The van der Waals surface area contributed by atoms with Crippen molar-refractivity contribution in [2.75, 3.05) is 6.54 Å². The van der Waals surface area contributed by atoms with Gasteiger partial charge in [0.25, 0.3) is 5.91 Å². The number of likely N-dealkylation sites (tertiary alicyclic amines) is 1. The standard InChI is InChI=1S/C20H23NO5/c1-12-4-6-17(13(2)10-12)25-11-15-5-7-18(26-15)19(22)21-9-8-16(14(21)3)20(23)24/h4-7,10,14,16H,8-9,11H2,1-3H3,(H,23,24). The Balaban J connectivity index is 1.64. The first-order chi connectivity index (χ1) is 12.4. The molecule has 1 aliphatic rings. The average molecular weight is 357 g/mol. The molecule has 0 aliphatic carbocycles. The van der Waals surface area contributed by atoms with E-state index in [9.17, 15) is 14.7 Å². The van der Waals surface area contributed by atoms with Gasteiger partial charge >= 0.3 is 5.97 Å². The number of amides is 1. The monoisotopic (exact) mass is 357 g/mol. The Morgan fingerprint density at radius 3 is 2.69 bits per heavy atom. The maximum Gasteiger partial charge on any atom is 0.308 e. The molecule has 1 saturated heterocycles. The Morgan fingerprint density at radius 1 is 1.27 bits per heavy atom. The highest BCUT2D eigenvalue weighted by Crippen LogP contribution is 2.27. The SMILES string of the molecule is Cc1ccc(OCc2ccc(C(=O)N3CCC(C(=O)O)C3C)o2)c(C)c1. The minimum atomic E-state index is -0.866. The predicted molar refractivity (Wildman–Crippen MR) is 95.2 cm³/mol. The second kappa shape index (κ2) is 7.23. The predicted octanol–water partition coefficient (Wildman–Crippen LogP) is 3.41. The first-order valence-electron chi connectivity index (χ1n) is 8.69. The number of furan rings is 1. The lowest BCUT2D eigenvalue weighted by Crippen LogP contribution is -2.37. The molecule has 2 aromatic rings. The van der Waals surface area contributed by atoms with Crippen molar-refractivity contribution in [2.45, 2.75) is 39.8 Å². The normalized spacial score (nSPS) is 19.6. The molecule has 0 saturated carbocycles. The summed E-state index contributed by atoms with van der Waals surface area (Å²) < 4.78 is 11.4. The minimum Gasteiger partial charge on any atom is -0.485 e. The minimum absolute atomic E-state index is 0.210. The lowest BCUT2D eigenvalue weighted by Gasteiger charge is -2.22. The number of rotatable bonds is 5. The topological polar surface area (TPSA) is 80.0 Å². The van der Waals surface area contributed by atoms with E-state index in [4.69, 9.17) is 9.15 Å². The number of benzene rings is 1. The number of carboxylic acids is 1. The lowest BCUT2D eigenvalue weighted by atomic mass is 10.0. The van der Waals surface area contributed by atoms with Crippen LogP contribution in [-0.2, 0) is 11.4 Å². The van der Waals surface area contributed by atoms with E-state index in [2.05, 4.69) is 0 Å². The van der Waals surface area contributed by atoms with Gasteiger partial charge < -0.3 is 19.2 Å². The Hall–Kier alpha value is -2.76. The van der Waals surface area contributed by atoms with Gasteiger partial charge in [0.1, 0.15) is 18.1 Å². The quantitative estimate of drug-likeness (QED) is 0.887. The van der Waals surface area contributed by atoms with Crippen LogP contribution in [0.1, 0.15) is 40.8 Å². The molecule has 1 N–H and O–H groups in total. The molecule has 1 aliphatic heterocycles. The zero-order valence-corrected chi connectivity index (χ0v) is 15.2. The van der Waals surface area contributed by atoms with Gasteiger partial charge in [-0.25, -0.2) is 0 Å². The van der Waals surface area contributed by atoms with Crippen molar-refractivity contribution in [1.29, 1.82) is 0 Å². The highest BCUT2D eigenvalue weighted by atomic mass is 16.5. The number of nitrogens with zero attached hydrogens (tertiary/aromatic N) is 1. The number of carboxylic acid groups (broad SMARTS) is 1. The molecule has 1 aromatic carbocycles. The van der Waals surface area contributed by atoms with Gasteiger partial charge in [0.05, 0.1) is 5.92 Å². The number of aliphatic carboxylic acids is 1. The van der Waals surface area contributed by atoms with Crippen LogP contribution in [0.3, 0.4) is 0 Å². The fourth-order valence-corrected chi connectivity index (χ4v) is 3.38. The molecule has 3 rings (SSSR count). The van der Waals surface area contributed by atoms with Gasteiger partial charge in [-0.15, -0.1) is 0 Å². The molecule has 2 heterocycles. The number of ether oxygens (including phenoxy) is 1. The van der Waals surface area contributed by atoms with E-state index in [1.165, 1.54) is 5.56 Å². The van der Waals surface area contributed by atoms with E-state index < -0.39 is 11.9 Å². The van der Waals surface area contributed by atoms with Gasteiger partial charge in [-0.1, -0.05) is 17.7 Å². The second-order valence-corrected chi connectivity index (χ2v) is 6.80. The number of carbonyl (C=O) groups excluding carboxylic acids is 1. The molecule has 2 atom stereocenters. The van der Waals surface area contributed by atoms with Gasteiger partial charge in [0, 0.05) is 12.6 Å². The largest absolute Gasteiger partial charge is 0.485 e. The molecule has 6 heteroatoms. The zero-order chi connectivity index (χ0) is 18.8. The summed E-state index contributed by atoms with van der Waals surface area (Å²) in [6.07, 6.45) is 0.464. The third kappa shape index (κ3) is 3.59. The van der Waals surface area contributed by atoms with Crippen LogP contribution < -0.4 is 4.74 Å². The molecule has 0 radical (unpaired) electrons. The Bertz CT molecular complexity index is 825. The first kappa shape index (κ1) is 18.0. The van der Waals surface area contributed by atoms with Gasteiger partial charge in [-0.2, -0.15) is 0 Å². The van der Waals surface area contributed by atoms with Crippen LogP contribution in [0.4, 0.5) is 0 Å². The van der Waals surface area contributed by atoms with Crippen LogP contribution in [0.15, 0.2) is 34.7 Å². The summed E-state index contributed by atoms with van der Waals surface area (Å²) in [5.41, 5.74) is 2.21. The summed E-state index contributed by atoms with van der Waals surface area (Å²) in [4.78, 5) is 25.4. The van der Waals surface area contributed by atoms with Crippen LogP contribution in [-0.4, -0.2) is 34.5 Å². The number of hydrogen-bond donors (Lipinski definition) is 1. The van der Waals surface area contributed by atoms with Gasteiger partial charge in [-0.05, 0) is 51.0 Å². The highest BCUT2D eigenvalue weighted by Gasteiger charge is 2.39. The summed E-state index contributed by atoms with van der Waals surface area (Å²) >= 11 is 0. The van der Waals surface area contributed by atoms with Gasteiger partial charge in [0.2, 0.25) is 0 Å². The van der Waals surface area contributed by atoms with Crippen LogP contribution in [0.25, 0.3) is 0 Å². The van der Waals surface area contributed by atoms with E-state index in [-0.39, 0.29) is 24.3 Å². The van der Waals surface area contributed by atoms with Crippen molar-refractivity contribution in [3.63, 3.8) is 0 Å². The third-order valence-corrected chi connectivity index (χ3v) is 4.91. The Morgan fingerprint density at radius 2 is 2.04 bits per heavy atom. The molecular formula is C20H23NO5. The zero-order valence-electron chi connectivity index (χ0n) is 15.2. The number of carbonyl (C=O) groups is 2. The maximum absolute atomic E-state index is 12.6. The van der Waals surface area contributed by atoms with Crippen molar-refractivity contribution in [2.24, 2.45) is 5.92 Å². The van der Waals surface area contributed by atoms with Gasteiger partial charge in [0.15, 0.2) is 5.76 Å². The molecule has 2 unspecified atom stereocenters. The summed E-state index contributed by atoms with van der Waals surface area (Å²) in [7, 11) is 0. The van der Waals surface area contributed by atoms with Crippen LogP contribution in [0.5, 0.6) is 5.75 Å². The number of aryl methyl sites for hydroxylation is 2. The molecule has 138 valence electrons. The van der Waals surface area contributed by atoms with Crippen molar-refractivity contribution in [1.82, 2.24) is 4.90 Å². The molecule has 26 heavy (non-hydrogen) atoms. The summed E-state index contributed by atoms with van der Waals surface area (Å²) in [5.74, 6) is -0.135. The fourth-order valence-electron chi connectivity index (χ4n) is 3.38. The van der Waals surface area contributed by atoms with Crippen molar-refractivity contribution in [3.8, 4) is 5.75 Å². The van der Waals surface area contributed by atoms with Crippen LogP contribution in [0, 0.1) is 19.8 Å². The van der Waals surface area contributed by atoms with E-state index in [0.29, 0.717) is 18.7 Å². The smallest absolute Gasteiger partial charge is 0.308 e. The molecule has 1 aromatic heterocycles. The van der Waals surface area contributed by atoms with E-state index >= 15 is 0 Å². The van der Waals surface area contributed by atoms with Crippen molar-refractivity contribution < 1.29 is 23.8 Å². The second-order valence-electron chi connectivity index (χ2n) is 6.80. The highest BCUT2D eigenvalue weighted by molar-refractivity contribution is 5.92. The van der Waals surface area contributed by atoms with E-state index in [1.807, 2.05) is 32.0 Å². The lowest BCUT2D eigenvalue weighted by molar-refractivity contribution is -0.142. The summed E-state index contributed by atoms with van der Waals surface area (Å²) in [5, 5.41) is 9.20. The molecule has 6 nitrogen and oxygen atoms in total. The average Bonchev–Trinajstić information content (AvgIpc) is 3.20. The van der Waals surface area contributed by atoms with E-state index in [1.54, 1.807) is 24.0 Å². The third-order valence-electron chi connectivity index (χ3n) is 4.91. The van der Waals surface area contributed by atoms with Crippen LogP contribution >= 0.6 is 0 Å². The fraction of sp³-hybridized carbons (Fsp3) is 0.400. The van der Waals surface area contributed by atoms with Gasteiger partial charge in [-0.3, -0.25) is 9.59 Å². The molecular weight excluding hydrogens is 334 g/mol. The summed E-state index contributed by atoms with van der Waals surface area (Å²) in [6.45, 7) is 6.41. The first-order valence-corrected chi connectivity index (χ1v) is 8.69. The molecule has 0 spiro atoms. The number of hydrogen-bond acceptors (Lipinski definition) is 4. The Kier molecular flexibility index (Phi) is 5.02. The molecule has 0 bridgehead atoms. The molecule has 1 fully saturated rings. The Labute approximate surface area is 152 Å². The van der Waals surface area contributed by atoms with Crippen molar-refractivity contribution >= 4 is 11.9 Å². The van der Waals surface area contributed by atoms with Crippen LogP contribution in [0.2, 0.25) is 0 Å². The maximum atomic E-state index is 12.6. The van der Waals surface area contributed by atoms with Crippen molar-refractivity contribution in [3.05, 3.63) is 53.0 Å². The molecule has 1 amide bonds.